The monoisotopic (exact) mass is 178 g/mol. The van der Waals surface area contributed by atoms with Gasteiger partial charge in [0.1, 0.15) is 5.38 Å². The van der Waals surface area contributed by atoms with Crippen LogP contribution >= 0.6 is 11.6 Å². The number of carbonyl (C=O) groups is 2. The highest BCUT2D eigenvalue weighted by molar-refractivity contribution is 6.30. The van der Waals surface area contributed by atoms with Gasteiger partial charge < -0.3 is 10.6 Å². The number of amides is 2. The zero-order valence-corrected chi connectivity index (χ0v) is 7.26. The predicted octanol–water partition coefficient (Wildman–Crippen LogP) is -0.443. The average molecular weight is 179 g/mol. The minimum Gasteiger partial charge on any atom is -0.368 e. The molecular formula is C6H11ClN2O2. The minimum absolute atomic E-state index is 0.0874. The van der Waals surface area contributed by atoms with Gasteiger partial charge in [0.05, 0.1) is 6.54 Å². The SMILES string of the molecule is CC(Cl)C(=O)N(C)CC(N)=O. The van der Waals surface area contributed by atoms with Crippen LogP contribution in [0.3, 0.4) is 0 Å². The molecule has 1 unspecified atom stereocenters. The summed E-state index contributed by atoms with van der Waals surface area (Å²) in [6, 6.07) is 0. The Hall–Kier alpha value is -0.770. The summed E-state index contributed by atoms with van der Waals surface area (Å²) >= 11 is 5.46. The molecule has 0 spiro atoms. The molecule has 0 aliphatic heterocycles. The van der Waals surface area contributed by atoms with Crippen LogP contribution in [0.25, 0.3) is 0 Å². The largest absolute Gasteiger partial charge is 0.368 e. The molecule has 0 aliphatic carbocycles. The van der Waals surface area contributed by atoms with E-state index in [-0.39, 0.29) is 12.5 Å². The average Bonchev–Trinajstić information content (AvgIpc) is 1.84. The maximum Gasteiger partial charge on any atom is 0.240 e. The standard InChI is InChI=1S/C6H11ClN2O2/c1-4(7)6(11)9(2)3-5(8)10/h4H,3H2,1-2H3,(H2,8,10). The molecule has 2 N–H and O–H groups in total. The molecule has 0 fully saturated rings. The molecule has 2 amide bonds. The van der Waals surface area contributed by atoms with Gasteiger partial charge >= 0.3 is 0 Å². The van der Waals surface area contributed by atoms with Crippen molar-refractivity contribution in [3.8, 4) is 0 Å². The van der Waals surface area contributed by atoms with E-state index in [0.29, 0.717) is 0 Å². The predicted molar refractivity (Wildman–Crippen MR) is 42.1 cm³/mol. The lowest BCUT2D eigenvalue weighted by Crippen LogP contribution is -2.38. The third-order valence-corrected chi connectivity index (χ3v) is 1.30. The summed E-state index contributed by atoms with van der Waals surface area (Å²) in [5.41, 5.74) is 4.86. The summed E-state index contributed by atoms with van der Waals surface area (Å²) in [5, 5.41) is -0.612. The van der Waals surface area contributed by atoms with E-state index >= 15 is 0 Å². The Labute approximate surface area is 70.3 Å². The molecule has 0 saturated carbocycles. The van der Waals surface area contributed by atoms with Crippen LogP contribution in [0.4, 0.5) is 0 Å². The van der Waals surface area contributed by atoms with E-state index in [2.05, 4.69) is 0 Å². The van der Waals surface area contributed by atoms with Gasteiger partial charge in [0.2, 0.25) is 11.8 Å². The van der Waals surface area contributed by atoms with Gasteiger partial charge in [-0.25, -0.2) is 0 Å². The molecular weight excluding hydrogens is 168 g/mol. The van der Waals surface area contributed by atoms with Crippen molar-refractivity contribution in [3.05, 3.63) is 0 Å². The number of rotatable bonds is 3. The normalized spacial score (nSPS) is 12.3. The van der Waals surface area contributed by atoms with Gasteiger partial charge in [0.25, 0.3) is 0 Å². The Morgan fingerprint density at radius 3 is 2.36 bits per heavy atom. The molecule has 0 aromatic carbocycles. The van der Waals surface area contributed by atoms with Crippen LogP contribution in [0, 0.1) is 0 Å². The lowest BCUT2D eigenvalue weighted by Gasteiger charge is -2.15. The topological polar surface area (TPSA) is 63.4 Å². The number of alkyl halides is 1. The zero-order chi connectivity index (χ0) is 9.02. The van der Waals surface area contributed by atoms with E-state index in [0.717, 1.165) is 0 Å². The second-order valence-electron chi connectivity index (χ2n) is 2.28. The van der Waals surface area contributed by atoms with Crippen molar-refractivity contribution >= 4 is 23.4 Å². The highest BCUT2D eigenvalue weighted by atomic mass is 35.5. The van der Waals surface area contributed by atoms with Gasteiger partial charge in [-0.15, -0.1) is 11.6 Å². The maximum atomic E-state index is 11.0. The van der Waals surface area contributed by atoms with E-state index in [1.807, 2.05) is 0 Å². The fourth-order valence-corrected chi connectivity index (χ4v) is 0.782. The minimum atomic E-state index is -0.612. The summed E-state index contributed by atoms with van der Waals surface area (Å²) in [5.74, 6) is -0.844. The van der Waals surface area contributed by atoms with Crippen LogP contribution in [0.5, 0.6) is 0 Å². The van der Waals surface area contributed by atoms with Crippen LogP contribution < -0.4 is 5.73 Å². The molecule has 4 nitrogen and oxygen atoms in total. The number of hydrogen-bond acceptors (Lipinski definition) is 2. The zero-order valence-electron chi connectivity index (χ0n) is 6.50. The van der Waals surface area contributed by atoms with Crippen LogP contribution in [-0.4, -0.2) is 35.7 Å². The van der Waals surface area contributed by atoms with E-state index < -0.39 is 11.3 Å². The first-order valence-electron chi connectivity index (χ1n) is 3.12. The van der Waals surface area contributed by atoms with Crippen molar-refractivity contribution in [2.75, 3.05) is 13.6 Å². The first kappa shape index (κ1) is 10.2. The van der Waals surface area contributed by atoms with Crippen molar-refractivity contribution in [1.82, 2.24) is 4.90 Å². The summed E-state index contributed by atoms with van der Waals surface area (Å²) in [6.45, 7) is 1.46. The number of carbonyl (C=O) groups excluding carboxylic acids is 2. The molecule has 0 saturated heterocycles. The third-order valence-electron chi connectivity index (χ3n) is 1.11. The molecule has 0 aliphatic rings. The molecule has 0 aromatic heterocycles. The fraction of sp³-hybridized carbons (Fsp3) is 0.667. The van der Waals surface area contributed by atoms with Gasteiger partial charge in [0.15, 0.2) is 0 Å². The Morgan fingerprint density at radius 2 is 2.09 bits per heavy atom. The Bertz CT molecular complexity index is 170. The Morgan fingerprint density at radius 1 is 1.64 bits per heavy atom. The van der Waals surface area contributed by atoms with E-state index in [9.17, 15) is 9.59 Å². The first-order valence-corrected chi connectivity index (χ1v) is 3.56. The first-order chi connectivity index (χ1) is 4.95. The lowest BCUT2D eigenvalue weighted by atomic mass is 10.4. The molecule has 0 radical (unpaired) electrons. The number of primary amides is 1. The van der Waals surface area contributed by atoms with Gasteiger partial charge in [0, 0.05) is 7.05 Å². The summed E-state index contributed by atoms with van der Waals surface area (Å²) in [6.07, 6.45) is 0. The number of hydrogen-bond donors (Lipinski definition) is 1. The van der Waals surface area contributed by atoms with E-state index in [4.69, 9.17) is 17.3 Å². The summed E-state index contributed by atoms with van der Waals surface area (Å²) in [4.78, 5) is 22.5. The molecule has 11 heavy (non-hydrogen) atoms. The van der Waals surface area contributed by atoms with Gasteiger partial charge in [-0.3, -0.25) is 9.59 Å². The highest BCUT2D eigenvalue weighted by Gasteiger charge is 2.15. The highest BCUT2D eigenvalue weighted by Crippen LogP contribution is 1.98. The number of nitrogens with two attached hydrogens (primary N) is 1. The van der Waals surface area contributed by atoms with E-state index in [1.54, 1.807) is 6.92 Å². The number of nitrogens with zero attached hydrogens (tertiary/aromatic N) is 1. The van der Waals surface area contributed by atoms with Gasteiger partial charge in [-0.2, -0.15) is 0 Å². The molecule has 0 rings (SSSR count). The lowest BCUT2D eigenvalue weighted by molar-refractivity contribution is -0.133. The maximum absolute atomic E-state index is 11.0. The van der Waals surface area contributed by atoms with Gasteiger partial charge in [-0.1, -0.05) is 0 Å². The van der Waals surface area contributed by atoms with Gasteiger partial charge in [-0.05, 0) is 6.92 Å². The smallest absolute Gasteiger partial charge is 0.240 e. The molecule has 5 heteroatoms. The Kier molecular flexibility index (Phi) is 3.89. The fourth-order valence-electron chi connectivity index (χ4n) is 0.615. The van der Waals surface area contributed by atoms with Crippen molar-refractivity contribution in [2.45, 2.75) is 12.3 Å². The van der Waals surface area contributed by atoms with Crippen LogP contribution in [0.1, 0.15) is 6.92 Å². The number of halogens is 1. The molecule has 0 bridgehead atoms. The summed E-state index contributed by atoms with van der Waals surface area (Å²) < 4.78 is 0. The quantitative estimate of drug-likeness (QED) is 0.596. The van der Waals surface area contributed by atoms with Crippen LogP contribution in [-0.2, 0) is 9.59 Å². The summed E-state index contributed by atoms with van der Waals surface area (Å²) in [7, 11) is 1.48. The molecule has 0 aromatic rings. The second-order valence-corrected chi connectivity index (χ2v) is 2.93. The van der Waals surface area contributed by atoms with Crippen LogP contribution in [0.15, 0.2) is 0 Å². The van der Waals surface area contributed by atoms with Crippen molar-refractivity contribution in [3.63, 3.8) is 0 Å². The van der Waals surface area contributed by atoms with Crippen molar-refractivity contribution in [2.24, 2.45) is 5.73 Å². The van der Waals surface area contributed by atoms with Crippen molar-refractivity contribution < 1.29 is 9.59 Å². The molecule has 1 atom stereocenters. The van der Waals surface area contributed by atoms with Crippen molar-refractivity contribution in [1.29, 1.82) is 0 Å². The second kappa shape index (κ2) is 4.18. The van der Waals surface area contributed by atoms with E-state index in [1.165, 1.54) is 11.9 Å². The third kappa shape index (κ3) is 3.83. The molecule has 64 valence electrons. The Balaban J connectivity index is 3.93. The van der Waals surface area contributed by atoms with Crippen LogP contribution in [0.2, 0.25) is 0 Å². The number of likely N-dealkylation sites (N-methyl/N-ethyl adjacent to an activating group) is 1. The molecule has 0 heterocycles.